The van der Waals surface area contributed by atoms with Crippen LogP contribution >= 0.6 is 23.5 Å². The van der Waals surface area contributed by atoms with Crippen molar-refractivity contribution in [3.63, 3.8) is 0 Å². The van der Waals surface area contributed by atoms with Crippen LogP contribution < -0.4 is 35.9 Å². The van der Waals surface area contributed by atoms with Crippen molar-refractivity contribution in [3.05, 3.63) is 101 Å². The monoisotopic (exact) mass is 808 g/mol. The summed E-state index contributed by atoms with van der Waals surface area (Å²) in [5.41, 5.74) is 20.1. The fraction of sp³-hybridized carbons (Fsp3) is 0.364. The summed E-state index contributed by atoms with van der Waals surface area (Å²) in [4.78, 5) is 27.2. The first-order valence-electron chi connectivity index (χ1n) is 19.6. The van der Waals surface area contributed by atoms with Crippen LogP contribution in [0.1, 0.15) is 62.4 Å². The van der Waals surface area contributed by atoms with Crippen molar-refractivity contribution < 1.29 is 14.3 Å². The molecular weight excluding hydrogens is 756 g/mol. The van der Waals surface area contributed by atoms with Gasteiger partial charge in [0, 0.05) is 72.0 Å². The molecule has 1 atom stereocenters. The van der Waals surface area contributed by atoms with Crippen molar-refractivity contribution in [3.8, 4) is 17.2 Å². The minimum atomic E-state index is -0.307. The van der Waals surface area contributed by atoms with Crippen molar-refractivity contribution >= 4 is 63.1 Å². The summed E-state index contributed by atoms with van der Waals surface area (Å²) in [6, 6.07) is 21.8. The Kier molecular flexibility index (Phi) is 12.5. The number of carbonyl (C=O) groups is 1. The van der Waals surface area contributed by atoms with Gasteiger partial charge in [-0.15, -0.1) is 0 Å². The highest BCUT2D eigenvalue weighted by molar-refractivity contribution is 7.98. The number of piperazine rings is 1. The normalized spacial score (nSPS) is 16.4. The highest BCUT2D eigenvalue weighted by Crippen LogP contribution is 2.44. The largest absolute Gasteiger partial charge is 0.494 e. The standard InChI is InChI=1S/C44H53ClN8O3S/c1-28(12-15-46)50-41-38(47)23-35(24-40(41)55-4)57-51-43(54)36-10-9-33(22-39(36)56-34-21-30-13-16-48-42(30)49-26-34)53-19-17-52(18-20-53)27-31-11-14-44(2,3)25-37(31)29-5-7-32(45)8-6-29/h5-10,13,16,21-24,26,28,50H,11-12,14-15,17-20,25,27,46-47H2,1-4H3,(H,48,49)(H,51,54)/t28-/m0/s1. The quantitative estimate of drug-likeness (QED) is 0.0544. The number of H-pyrrole nitrogens is 1. The van der Waals surface area contributed by atoms with Crippen LogP contribution in [0.4, 0.5) is 17.1 Å². The maximum Gasteiger partial charge on any atom is 0.265 e. The number of fused-ring (bicyclic) bond motifs is 1. The lowest BCUT2D eigenvalue weighted by Crippen LogP contribution is -2.47. The van der Waals surface area contributed by atoms with E-state index in [0.717, 1.165) is 90.6 Å². The third kappa shape index (κ3) is 9.81. The molecule has 3 heterocycles. The third-order valence-corrected chi connectivity index (χ3v) is 11.9. The van der Waals surface area contributed by atoms with Gasteiger partial charge in [-0.1, -0.05) is 43.2 Å². The molecule has 300 valence electrons. The summed E-state index contributed by atoms with van der Waals surface area (Å²) in [5.74, 6) is 1.26. The molecule has 1 saturated heterocycles. The number of benzene rings is 3. The summed E-state index contributed by atoms with van der Waals surface area (Å²) in [5, 5.41) is 5.07. The number of allylic oxidation sites excluding steroid dienone is 1. The Hall–Kier alpha value is -4.88. The Labute approximate surface area is 344 Å². The molecule has 1 aliphatic heterocycles. The number of amides is 1. The van der Waals surface area contributed by atoms with Gasteiger partial charge < -0.3 is 36.1 Å². The van der Waals surface area contributed by atoms with E-state index in [2.05, 4.69) is 55.8 Å². The molecule has 5 aromatic rings. The van der Waals surface area contributed by atoms with E-state index in [9.17, 15) is 4.79 Å². The Morgan fingerprint density at radius 1 is 1.05 bits per heavy atom. The number of anilines is 3. The number of nitrogens with two attached hydrogens (primary N) is 2. The van der Waals surface area contributed by atoms with E-state index in [1.165, 1.54) is 23.1 Å². The molecule has 2 aromatic heterocycles. The number of pyridine rings is 1. The number of nitrogen functional groups attached to an aromatic ring is 1. The maximum absolute atomic E-state index is 13.9. The number of nitrogens with one attached hydrogen (secondary N) is 3. The molecule has 7 rings (SSSR count). The lowest BCUT2D eigenvalue weighted by molar-refractivity contribution is 0.0982. The maximum atomic E-state index is 13.9. The van der Waals surface area contributed by atoms with Gasteiger partial charge >= 0.3 is 0 Å². The van der Waals surface area contributed by atoms with Crippen LogP contribution in [-0.4, -0.2) is 73.2 Å². The molecule has 1 aliphatic carbocycles. The number of hydrogen-bond donors (Lipinski definition) is 5. The lowest BCUT2D eigenvalue weighted by atomic mass is 9.72. The molecule has 13 heteroatoms. The average Bonchev–Trinajstić information content (AvgIpc) is 3.67. The number of halogens is 1. The van der Waals surface area contributed by atoms with Gasteiger partial charge in [0.2, 0.25) is 0 Å². The second kappa shape index (κ2) is 17.7. The predicted molar refractivity (Wildman–Crippen MR) is 235 cm³/mol. The molecule has 0 saturated carbocycles. The van der Waals surface area contributed by atoms with E-state index < -0.39 is 0 Å². The predicted octanol–water partition coefficient (Wildman–Crippen LogP) is 8.97. The first-order chi connectivity index (χ1) is 27.5. The van der Waals surface area contributed by atoms with Crippen LogP contribution in [0.15, 0.2) is 89.6 Å². The van der Waals surface area contributed by atoms with Crippen LogP contribution in [0.25, 0.3) is 16.6 Å². The number of methoxy groups -OCH3 is 1. The molecule has 11 nitrogen and oxygen atoms in total. The number of aromatic nitrogens is 2. The molecule has 0 bridgehead atoms. The van der Waals surface area contributed by atoms with Crippen molar-refractivity contribution in [2.45, 2.75) is 57.4 Å². The van der Waals surface area contributed by atoms with Gasteiger partial charge in [0.15, 0.2) is 0 Å². The van der Waals surface area contributed by atoms with E-state index in [-0.39, 0.29) is 17.4 Å². The van der Waals surface area contributed by atoms with Gasteiger partial charge in [0.05, 0.1) is 24.6 Å². The number of ether oxygens (including phenoxy) is 2. The van der Waals surface area contributed by atoms with Crippen LogP contribution in [0.3, 0.4) is 0 Å². The number of aromatic amines is 1. The van der Waals surface area contributed by atoms with Gasteiger partial charge in [0.1, 0.15) is 28.6 Å². The van der Waals surface area contributed by atoms with E-state index in [0.29, 0.717) is 40.7 Å². The summed E-state index contributed by atoms with van der Waals surface area (Å²) in [6.45, 7) is 11.9. The molecule has 1 amide bonds. The van der Waals surface area contributed by atoms with Crippen LogP contribution in [-0.2, 0) is 0 Å². The Bertz CT molecular complexity index is 2230. The Morgan fingerprint density at radius 2 is 1.84 bits per heavy atom. The lowest BCUT2D eigenvalue weighted by Gasteiger charge is -2.39. The summed E-state index contributed by atoms with van der Waals surface area (Å²) in [6.07, 6.45) is 7.65. The number of nitrogens with zero attached hydrogens (tertiary/aromatic N) is 3. The molecule has 0 radical (unpaired) electrons. The van der Waals surface area contributed by atoms with E-state index in [4.69, 9.17) is 32.5 Å². The number of hydrogen-bond acceptors (Lipinski definition) is 10. The van der Waals surface area contributed by atoms with Gasteiger partial charge in [-0.3, -0.25) is 14.4 Å². The van der Waals surface area contributed by atoms with E-state index in [1.807, 2.05) is 67.7 Å². The zero-order chi connectivity index (χ0) is 40.1. The summed E-state index contributed by atoms with van der Waals surface area (Å²) >= 11 is 7.42. The van der Waals surface area contributed by atoms with E-state index >= 15 is 0 Å². The molecular formula is C44H53ClN8O3S. The summed E-state index contributed by atoms with van der Waals surface area (Å²) in [7, 11) is 1.60. The smallest absolute Gasteiger partial charge is 0.265 e. The topological polar surface area (TPSA) is 147 Å². The summed E-state index contributed by atoms with van der Waals surface area (Å²) < 4.78 is 15.1. The fourth-order valence-electron chi connectivity index (χ4n) is 7.69. The van der Waals surface area contributed by atoms with E-state index in [1.54, 1.807) is 13.3 Å². The Balaban J connectivity index is 1.07. The zero-order valence-electron chi connectivity index (χ0n) is 33.2. The average molecular weight is 809 g/mol. The second-order valence-corrected chi connectivity index (χ2v) is 17.1. The van der Waals surface area contributed by atoms with Crippen molar-refractivity contribution in [1.82, 2.24) is 19.6 Å². The van der Waals surface area contributed by atoms with Crippen LogP contribution in [0.2, 0.25) is 5.02 Å². The Morgan fingerprint density at radius 3 is 2.60 bits per heavy atom. The SMILES string of the molecule is COc1cc(SNC(=O)c2ccc(N3CCN(CC4=C(c5ccc(Cl)cc5)CC(C)(C)CC4)CC3)cc2Oc2cnc3[nH]ccc3c2)cc(N)c1N[C@@H](C)CCN. The van der Waals surface area contributed by atoms with Gasteiger partial charge in [-0.05, 0) is 116 Å². The van der Waals surface area contributed by atoms with Crippen LogP contribution in [0, 0.1) is 5.41 Å². The molecule has 7 N–H and O–H groups in total. The van der Waals surface area contributed by atoms with Gasteiger partial charge in [0.25, 0.3) is 5.91 Å². The van der Waals surface area contributed by atoms with Crippen molar-refractivity contribution in [2.75, 3.05) is 62.3 Å². The fourth-order valence-corrected chi connectivity index (χ4v) is 8.49. The van der Waals surface area contributed by atoms with Gasteiger partial charge in [-0.2, -0.15) is 0 Å². The first kappa shape index (κ1) is 40.3. The van der Waals surface area contributed by atoms with Crippen molar-refractivity contribution in [1.29, 1.82) is 0 Å². The molecule has 0 spiro atoms. The molecule has 3 aromatic carbocycles. The highest BCUT2D eigenvalue weighted by Gasteiger charge is 2.30. The number of rotatable bonds is 14. The number of carbonyl (C=O) groups excluding carboxylic acids is 1. The molecule has 0 unspecified atom stereocenters. The molecule has 1 fully saturated rings. The third-order valence-electron chi connectivity index (χ3n) is 10.9. The molecule has 57 heavy (non-hydrogen) atoms. The first-order valence-corrected chi connectivity index (χ1v) is 20.8. The van der Waals surface area contributed by atoms with Gasteiger partial charge in [-0.25, -0.2) is 4.98 Å². The minimum absolute atomic E-state index is 0.115. The highest BCUT2D eigenvalue weighted by atomic mass is 35.5. The zero-order valence-corrected chi connectivity index (χ0v) is 34.7. The molecule has 2 aliphatic rings. The van der Waals surface area contributed by atoms with Crippen molar-refractivity contribution in [2.24, 2.45) is 11.1 Å². The second-order valence-electron chi connectivity index (χ2n) is 15.8. The minimum Gasteiger partial charge on any atom is -0.494 e. The van der Waals surface area contributed by atoms with Crippen LogP contribution in [0.5, 0.6) is 17.2 Å².